The smallest absolute Gasteiger partial charge is 0.185 e. The molecule has 0 saturated heterocycles. The van der Waals surface area contributed by atoms with Crippen molar-refractivity contribution in [3.63, 3.8) is 0 Å². The van der Waals surface area contributed by atoms with E-state index in [-0.39, 0.29) is 12.1 Å². The lowest BCUT2D eigenvalue weighted by Crippen LogP contribution is -2.27. The molecule has 2 rings (SSSR count). The Kier molecular flexibility index (Phi) is 4.32. The van der Waals surface area contributed by atoms with Crippen LogP contribution in [-0.4, -0.2) is 6.04 Å². The quantitative estimate of drug-likeness (QED) is 0.626. The molecule has 0 aliphatic heterocycles. The topological polar surface area (TPSA) is 12.0 Å². The van der Waals surface area contributed by atoms with Gasteiger partial charge in [0.05, 0.1) is 0 Å². The number of benzene rings is 1. The molecule has 0 radical (unpaired) electrons. The standard InChI is InChI=1S/C14H17F4N/c1-2-8-3-5-9(6-4-8)19-14-12(17)10(15)7-11(16)13(14)18/h7-9,19H,2-6H2,1H3. The van der Waals surface area contributed by atoms with Crippen LogP contribution < -0.4 is 5.32 Å². The molecule has 1 aliphatic carbocycles. The molecular formula is C14H17F4N. The van der Waals surface area contributed by atoms with Crippen molar-refractivity contribution >= 4 is 5.69 Å². The molecule has 1 fully saturated rings. The fourth-order valence-electron chi connectivity index (χ4n) is 2.62. The van der Waals surface area contributed by atoms with E-state index in [1.165, 1.54) is 0 Å². The molecular weight excluding hydrogens is 258 g/mol. The maximum atomic E-state index is 13.5. The predicted molar refractivity (Wildman–Crippen MR) is 65.9 cm³/mol. The maximum absolute atomic E-state index is 13.5. The number of halogens is 4. The van der Waals surface area contributed by atoms with Crippen LogP contribution in [0.1, 0.15) is 39.0 Å². The Bertz CT molecular complexity index is 427. The molecule has 5 heteroatoms. The van der Waals surface area contributed by atoms with Crippen LogP contribution in [0.5, 0.6) is 0 Å². The van der Waals surface area contributed by atoms with E-state index in [2.05, 4.69) is 12.2 Å². The molecule has 0 spiro atoms. The summed E-state index contributed by atoms with van der Waals surface area (Å²) in [4.78, 5) is 0. The second kappa shape index (κ2) is 5.80. The van der Waals surface area contributed by atoms with Gasteiger partial charge in [-0.05, 0) is 31.6 Å². The zero-order chi connectivity index (χ0) is 14.0. The van der Waals surface area contributed by atoms with Crippen LogP contribution in [0.4, 0.5) is 23.2 Å². The molecule has 0 aromatic heterocycles. The highest BCUT2D eigenvalue weighted by atomic mass is 19.2. The number of nitrogens with one attached hydrogen (secondary N) is 1. The van der Waals surface area contributed by atoms with E-state index < -0.39 is 29.0 Å². The van der Waals surface area contributed by atoms with Gasteiger partial charge in [0.25, 0.3) is 0 Å². The Balaban J connectivity index is 2.12. The van der Waals surface area contributed by atoms with Gasteiger partial charge in [-0.2, -0.15) is 0 Å². The van der Waals surface area contributed by atoms with Crippen molar-refractivity contribution < 1.29 is 17.6 Å². The van der Waals surface area contributed by atoms with E-state index in [1.807, 2.05) is 0 Å². The highest BCUT2D eigenvalue weighted by Crippen LogP contribution is 2.31. The van der Waals surface area contributed by atoms with Crippen LogP contribution in [0.3, 0.4) is 0 Å². The normalized spacial score (nSPS) is 23.4. The lowest BCUT2D eigenvalue weighted by Gasteiger charge is -2.29. The van der Waals surface area contributed by atoms with Crippen LogP contribution in [0.25, 0.3) is 0 Å². The summed E-state index contributed by atoms with van der Waals surface area (Å²) in [6.07, 6.45) is 4.54. The molecule has 19 heavy (non-hydrogen) atoms. The number of anilines is 1. The van der Waals surface area contributed by atoms with E-state index in [1.54, 1.807) is 0 Å². The lowest BCUT2D eigenvalue weighted by molar-refractivity contribution is 0.328. The van der Waals surface area contributed by atoms with Crippen LogP contribution >= 0.6 is 0 Å². The second-order valence-electron chi connectivity index (χ2n) is 5.11. The molecule has 0 atom stereocenters. The van der Waals surface area contributed by atoms with Gasteiger partial charge in [0.1, 0.15) is 5.69 Å². The predicted octanol–water partition coefficient (Wildman–Crippen LogP) is 4.62. The molecule has 1 saturated carbocycles. The third-order valence-corrected chi connectivity index (χ3v) is 3.88. The Morgan fingerprint density at radius 3 is 2.00 bits per heavy atom. The summed E-state index contributed by atoms with van der Waals surface area (Å²) in [5.41, 5.74) is -0.683. The minimum atomic E-state index is -1.37. The maximum Gasteiger partial charge on any atom is 0.185 e. The van der Waals surface area contributed by atoms with Crippen molar-refractivity contribution in [2.75, 3.05) is 5.32 Å². The minimum absolute atomic E-state index is 0.131. The Morgan fingerprint density at radius 1 is 1.00 bits per heavy atom. The minimum Gasteiger partial charge on any atom is -0.377 e. The third kappa shape index (κ3) is 3.01. The van der Waals surface area contributed by atoms with Crippen molar-refractivity contribution in [1.29, 1.82) is 0 Å². The summed E-state index contributed by atoms with van der Waals surface area (Å²) in [6, 6.07) is 0.0945. The van der Waals surface area contributed by atoms with E-state index in [0.29, 0.717) is 5.92 Å². The second-order valence-corrected chi connectivity index (χ2v) is 5.11. The summed E-state index contributed by atoms with van der Waals surface area (Å²) in [6.45, 7) is 2.11. The highest BCUT2D eigenvalue weighted by molar-refractivity contribution is 5.48. The first kappa shape index (κ1) is 14.2. The van der Waals surface area contributed by atoms with E-state index in [9.17, 15) is 17.6 Å². The third-order valence-electron chi connectivity index (χ3n) is 3.88. The van der Waals surface area contributed by atoms with Gasteiger partial charge in [-0.1, -0.05) is 13.3 Å². The first-order chi connectivity index (χ1) is 9.02. The number of hydrogen-bond acceptors (Lipinski definition) is 1. The van der Waals surface area contributed by atoms with Crippen molar-refractivity contribution in [3.8, 4) is 0 Å². The number of rotatable bonds is 3. The molecule has 1 nitrogen and oxygen atoms in total. The molecule has 1 aliphatic rings. The number of hydrogen-bond donors (Lipinski definition) is 1. The SMILES string of the molecule is CCC1CCC(Nc2c(F)c(F)cc(F)c2F)CC1. The summed E-state index contributed by atoms with van der Waals surface area (Å²) in [5, 5.41) is 2.61. The first-order valence-electron chi connectivity index (χ1n) is 6.62. The Morgan fingerprint density at radius 2 is 1.53 bits per heavy atom. The van der Waals surface area contributed by atoms with Gasteiger partial charge < -0.3 is 5.32 Å². The average molecular weight is 275 g/mol. The van der Waals surface area contributed by atoms with Gasteiger partial charge in [-0.25, -0.2) is 17.6 Å². The molecule has 0 heterocycles. The monoisotopic (exact) mass is 275 g/mol. The van der Waals surface area contributed by atoms with Gasteiger partial charge >= 0.3 is 0 Å². The van der Waals surface area contributed by atoms with Crippen LogP contribution in [0, 0.1) is 29.2 Å². The van der Waals surface area contributed by atoms with Crippen molar-refractivity contribution in [2.45, 2.75) is 45.1 Å². The molecule has 1 N–H and O–H groups in total. The first-order valence-corrected chi connectivity index (χ1v) is 6.62. The van der Waals surface area contributed by atoms with E-state index in [0.717, 1.165) is 32.1 Å². The van der Waals surface area contributed by atoms with Crippen molar-refractivity contribution in [1.82, 2.24) is 0 Å². The van der Waals surface area contributed by atoms with Gasteiger partial charge in [0.15, 0.2) is 23.3 Å². The highest BCUT2D eigenvalue weighted by Gasteiger charge is 2.24. The summed E-state index contributed by atoms with van der Waals surface area (Å²) in [7, 11) is 0. The summed E-state index contributed by atoms with van der Waals surface area (Å²) >= 11 is 0. The van der Waals surface area contributed by atoms with E-state index >= 15 is 0 Å². The van der Waals surface area contributed by atoms with Gasteiger partial charge in [-0.3, -0.25) is 0 Å². The summed E-state index contributed by atoms with van der Waals surface area (Å²) < 4.78 is 53.1. The molecule has 0 bridgehead atoms. The molecule has 0 unspecified atom stereocenters. The zero-order valence-corrected chi connectivity index (χ0v) is 10.8. The Labute approximate surface area is 110 Å². The van der Waals surface area contributed by atoms with Gasteiger partial charge in [-0.15, -0.1) is 0 Å². The van der Waals surface area contributed by atoms with E-state index in [4.69, 9.17) is 0 Å². The van der Waals surface area contributed by atoms with Crippen LogP contribution in [0.2, 0.25) is 0 Å². The molecule has 1 aromatic carbocycles. The largest absolute Gasteiger partial charge is 0.377 e. The van der Waals surface area contributed by atoms with Crippen LogP contribution in [0.15, 0.2) is 6.07 Å². The van der Waals surface area contributed by atoms with Gasteiger partial charge in [0.2, 0.25) is 0 Å². The zero-order valence-electron chi connectivity index (χ0n) is 10.8. The molecule has 0 amide bonds. The fourth-order valence-corrected chi connectivity index (χ4v) is 2.62. The average Bonchev–Trinajstić information content (AvgIpc) is 2.42. The lowest BCUT2D eigenvalue weighted by atomic mass is 9.84. The van der Waals surface area contributed by atoms with Crippen LogP contribution in [-0.2, 0) is 0 Å². The fraction of sp³-hybridized carbons (Fsp3) is 0.571. The molecule has 106 valence electrons. The van der Waals surface area contributed by atoms with Crippen molar-refractivity contribution in [3.05, 3.63) is 29.3 Å². The molecule has 1 aromatic rings. The van der Waals surface area contributed by atoms with Gasteiger partial charge in [0, 0.05) is 12.1 Å². The summed E-state index contributed by atoms with van der Waals surface area (Å²) in [5.74, 6) is -4.81. The Hall–Kier alpha value is -1.26. The van der Waals surface area contributed by atoms with Crippen molar-refractivity contribution in [2.24, 2.45) is 5.92 Å².